The molecule has 1 N–H and O–H groups in total. The van der Waals surface area contributed by atoms with Gasteiger partial charge in [0.2, 0.25) is 5.89 Å². The molecule has 5 heteroatoms. The van der Waals surface area contributed by atoms with E-state index in [4.69, 9.17) is 4.42 Å². The molecule has 4 nitrogen and oxygen atoms in total. The highest BCUT2D eigenvalue weighted by molar-refractivity contribution is 7.08. The minimum Gasteiger partial charge on any atom is -0.441 e. The van der Waals surface area contributed by atoms with Crippen LogP contribution in [0.5, 0.6) is 0 Å². The lowest BCUT2D eigenvalue weighted by atomic mass is 10.2. The Morgan fingerprint density at radius 2 is 2.15 bits per heavy atom. The summed E-state index contributed by atoms with van der Waals surface area (Å²) in [6.07, 6.45) is -0.346. The van der Waals surface area contributed by atoms with E-state index in [9.17, 15) is 5.11 Å². The van der Waals surface area contributed by atoms with Gasteiger partial charge in [-0.25, -0.2) is 4.98 Å². The molecule has 0 aliphatic rings. The molecule has 0 saturated carbocycles. The number of thiophene rings is 1. The van der Waals surface area contributed by atoms with Gasteiger partial charge in [0, 0.05) is 30.1 Å². The zero-order valence-electron chi connectivity index (χ0n) is 12.5. The van der Waals surface area contributed by atoms with Gasteiger partial charge in [-0.05, 0) is 39.1 Å². The second kappa shape index (κ2) is 6.52. The van der Waals surface area contributed by atoms with Crippen molar-refractivity contribution in [3.05, 3.63) is 28.3 Å². The van der Waals surface area contributed by atoms with Crippen molar-refractivity contribution in [2.45, 2.75) is 46.4 Å². The van der Waals surface area contributed by atoms with Crippen LogP contribution < -0.4 is 0 Å². The van der Waals surface area contributed by atoms with Crippen LogP contribution in [0.15, 0.2) is 21.2 Å². The van der Waals surface area contributed by atoms with E-state index >= 15 is 0 Å². The molecule has 2 aromatic heterocycles. The molecule has 0 amide bonds. The molecule has 110 valence electrons. The number of aryl methyl sites for hydroxylation is 1. The van der Waals surface area contributed by atoms with E-state index in [0.717, 1.165) is 17.0 Å². The maximum atomic E-state index is 9.59. The third kappa shape index (κ3) is 3.69. The Morgan fingerprint density at radius 3 is 2.70 bits per heavy atom. The van der Waals surface area contributed by atoms with Crippen LogP contribution in [0.4, 0.5) is 0 Å². The first-order valence-electron chi connectivity index (χ1n) is 6.88. The van der Waals surface area contributed by atoms with Gasteiger partial charge in [0.05, 0.1) is 11.8 Å². The molecule has 0 fully saturated rings. The van der Waals surface area contributed by atoms with Crippen molar-refractivity contribution in [1.29, 1.82) is 0 Å². The van der Waals surface area contributed by atoms with Crippen molar-refractivity contribution in [2.75, 3.05) is 6.54 Å². The fraction of sp³-hybridized carbons (Fsp3) is 0.533. The van der Waals surface area contributed by atoms with E-state index in [1.807, 2.05) is 30.7 Å². The Balaban J connectivity index is 2.16. The lowest BCUT2D eigenvalue weighted by molar-refractivity contribution is 0.102. The average molecular weight is 294 g/mol. The predicted octanol–water partition coefficient (Wildman–Crippen LogP) is 3.30. The number of aromatic nitrogens is 1. The fourth-order valence-corrected chi connectivity index (χ4v) is 2.70. The van der Waals surface area contributed by atoms with Crippen molar-refractivity contribution in [2.24, 2.45) is 0 Å². The molecule has 2 aromatic rings. The van der Waals surface area contributed by atoms with Gasteiger partial charge < -0.3 is 9.52 Å². The number of nitrogens with zero attached hydrogens (tertiary/aromatic N) is 2. The third-order valence-corrected chi connectivity index (χ3v) is 3.93. The molecule has 1 atom stereocenters. The topological polar surface area (TPSA) is 49.5 Å². The molecule has 0 spiro atoms. The highest BCUT2D eigenvalue weighted by Crippen LogP contribution is 2.24. The Morgan fingerprint density at radius 1 is 1.40 bits per heavy atom. The summed E-state index contributed by atoms with van der Waals surface area (Å²) in [6, 6.07) is 2.36. The van der Waals surface area contributed by atoms with Gasteiger partial charge in [0.15, 0.2) is 0 Å². The van der Waals surface area contributed by atoms with Crippen molar-refractivity contribution in [3.63, 3.8) is 0 Å². The lowest BCUT2D eigenvalue weighted by Gasteiger charge is -2.26. The molecular formula is C15H22N2O2S. The normalized spacial score (nSPS) is 13.3. The Labute approximate surface area is 124 Å². The molecule has 0 radical (unpaired) electrons. The van der Waals surface area contributed by atoms with E-state index in [2.05, 4.69) is 23.7 Å². The summed E-state index contributed by atoms with van der Waals surface area (Å²) >= 11 is 1.63. The van der Waals surface area contributed by atoms with Crippen molar-refractivity contribution in [1.82, 2.24) is 9.88 Å². The molecule has 0 aromatic carbocycles. The van der Waals surface area contributed by atoms with Crippen molar-refractivity contribution >= 4 is 11.3 Å². The van der Waals surface area contributed by atoms with Crippen molar-refractivity contribution < 1.29 is 9.52 Å². The highest BCUT2D eigenvalue weighted by Gasteiger charge is 2.18. The van der Waals surface area contributed by atoms with Crippen LogP contribution in [0.2, 0.25) is 0 Å². The van der Waals surface area contributed by atoms with E-state index < -0.39 is 0 Å². The van der Waals surface area contributed by atoms with E-state index in [1.165, 1.54) is 0 Å². The molecule has 2 heterocycles. The summed E-state index contributed by atoms with van der Waals surface area (Å²) in [4.78, 5) is 6.80. The summed E-state index contributed by atoms with van der Waals surface area (Å²) in [5.41, 5.74) is 1.97. The number of aliphatic hydroxyl groups excluding tert-OH is 1. The zero-order chi connectivity index (χ0) is 14.7. The fourth-order valence-electron chi connectivity index (χ4n) is 2.07. The van der Waals surface area contributed by atoms with Gasteiger partial charge in [-0.3, -0.25) is 4.90 Å². The van der Waals surface area contributed by atoms with Crippen molar-refractivity contribution in [3.8, 4) is 11.5 Å². The van der Waals surface area contributed by atoms with Crippen LogP contribution in [-0.4, -0.2) is 33.7 Å². The third-order valence-electron chi connectivity index (χ3n) is 3.24. The maximum Gasteiger partial charge on any atom is 0.227 e. The largest absolute Gasteiger partial charge is 0.441 e. The maximum absolute atomic E-state index is 9.59. The standard InChI is InChI=1S/C15H22N2O2S/c1-10(2)17(7-11(3)18)8-14-12(4)19-15(16-14)13-5-6-20-9-13/h5-6,9-11,18H,7-8H2,1-4H3. The molecule has 0 aliphatic heterocycles. The smallest absolute Gasteiger partial charge is 0.227 e. The van der Waals surface area contributed by atoms with Crippen LogP contribution in [0.3, 0.4) is 0 Å². The van der Waals surface area contributed by atoms with Crippen LogP contribution >= 0.6 is 11.3 Å². The summed E-state index contributed by atoms with van der Waals surface area (Å²) in [5.74, 6) is 1.53. The summed E-state index contributed by atoms with van der Waals surface area (Å²) in [5, 5.41) is 13.6. The van der Waals surface area contributed by atoms with Crippen LogP contribution in [0.1, 0.15) is 32.2 Å². The Bertz CT molecular complexity index is 532. The lowest BCUT2D eigenvalue weighted by Crippen LogP contribution is -2.36. The van der Waals surface area contributed by atoms with Crippen LogP contribution in [0.25, 0.3) is 11.5 Å². The summed E-state index contributed by atoms with van der Waals surface area (Å²) in [6.45, 7) is 9.33. The molecule has 0 bridgehead atoms. The van der Waals surface area contributed by atoms with Gasteiger partial charge in [0.1, 0.15) is 5.76 Å². The monoisotopic (exact) mass is 294 g/mol. The minimum atomic E-state index is -0.346. The number of oxazole rings is 1. The van der Waals surface area contributed by atoms with Crippen LogP contribution in [-0.2, 0) is 6.54 Å². The minimum absolute atomic E-state index is 0.346. The zero-order valence-corrected chi connectivity index (χ0v) is 13.3. The highest BCUT2D eigenvalue weighted by atomic mass is 32.1. The molecule has 1 unspecified atom stereocenters. The molecule has 0 saturated heterocycles. The van der Waals surface area contributed by atoms with E-state index in [0.29, 0.717) is 25.0 Å². The summed E-state index contributed by atoms with van der Waals surface area (Å²) in [7, 11) is 0. The first kappa shape index (κ1) is 15.2. The number of aliphatic hydroxyl groups is 1. The van der Waals surface area contributed by atoms with Gasteiger partial charge >= 0.3 is 0 Å². The predicted molar refractivity (Wildman–Crippen MR) is 81.8 cm³/mol. The molecule has 2 rings (SSSR count). The number of hydrogen-bond donors (Lipinski definition) is 1. The Kier molecular flexibility index (Phi) is 4.96. The van der Waals surface area contributed by atoms with Gasteiger partial charge in [-0.2, -0.15) is 11.3 Å². The molecule has 20 heavy (non-hydrogen) atoms. The first-order chi connectivity index (χ1) is 9.47. The van der Waals surface area contributed by atoms with Gasteiger partial charge in [-0.15, -0.1) is 0 Å². The van der Waals surface area contributed by atoms with Gasteiger partial charge in [-0.1, -0.05) is 0 Å². The van der Waals surface area contributed by atoms with Gasteiger partial charge in [0.25, 0.3) is 0 Å². The average Bonchev–Trinajstić information content (AvgIpc) is 2.98. The molecular weight excluding hydrogens is 272 g/mol. The SMILES string of the molecule is Cc1oc(-c2ccsc2)nc1CN(CC(C)O)C(C)C. The number of rotatable bonds is 6. The quantitative estimate of drug-likeness (QED) is 0.888. The number of hydrogen-bond acceptors (Lipinski definition) is 5. The second-order valence-corrected chi connectivity index (χ2v) is 6.19. The molecule has 0 aliphatic carbocycles. The second-order valence-electron chi connectivity index (χ2n) is 5.41. The van der Waals surface area contributed by atoms with E-state index in [1.54, 1.807) is 11.3 Å². The first-order valence-corrected chi connectivity index (χ1v) is 7.82. The Hall–Kier alpha value is -1.17. The summed E-state index contributed by atoms with van der Waals surface area (Å²) < 4.78 is 5.75. The van der Waals surface area contributed by atoms with E-state index in [-0.39, 0.29) is 6.10 Å². The van der Waals surface area contributed by atoms with Crippen LogP contribution in [0, 0.1) is 6.92 Å².